The zero-order chi connectivity index (χ0) is 44.4. The second-order valence-electron chi connectivity index (χ2n) is 18.0. The van der Waals surface area contributed by atoms with Crippen LogP contribution in [0.15, 0.2) is 127 Å². The molecule has 0 spiro atoms. The Hall–Kier alpha value is -5.74. The Balaban J connectivity index is 1.23. The maximum Gasteiger partial charge on any atom is 0.346 e. The Morgan fingerprint density at radius 2 is 1.06 bits per heavy atom. The molecule has 4 nitrogen and oxygen atoms in total. The highest BCUT2D eigenvalue weighted by atomic mass is 32.1. The lowest BCUT2D eigenvalue weighted by atomic mass is 9.70. The minimum atomic E-state index is -1.21. The quantitative estimate of drug-likeness (QED) is 0.0689. The molecule has 7 aromatic rings. The fraction of sp³-hybridized carbons (Fsp3) is 0.310. The molecule has 0 amide bonds. The van der Waals surface area contributed by atoms with Crippen molar-refractivity contribution < 1.29 is 9.90 Å². The number of aliphatic carboxylic acids is 1. The zero-order valence-electron chi connectivity index (χ0n) is 37.7. The number of unbranched alkanes of at least 4 members (excludes halogenated alkanes) is 4. The van der Waals surface area contributed by atoms with Crippen LogP contribution in [0.1, 0.15) is 132 Å². The second-order valence-corrected chi connectivity index (χ2v) is 20.2. The van der Waals surface area contributed by atoms with E-state index in [1.807, 2.05) is 18.2 Å². The van der Waals surface area contributed by atoms with E-state index in [1.54, 1.807) is 11.3 Å². The number of carboxylic acid groups (broad SMARTS) is 1. The van der Waals surface area contributed by atoms with E-state index in [2.05, 4.69) is 142 Å². The zero-order valence-corrected chi connectivity index (χ0v) is 39.3. The predicted octanol–water partition coefficient (Wildman–Crippen LogP) is 17.4. The highest BCUT2D eigenvalue weighted by Gasteiger charge is 2.44. The highest BCUT2D eigenvalue weighted by molar-refractivity contribution is 7.26. The molecule has 0 atom stereocenters. The lowest BCUT2D eigenvalue weighted by Gasteiger charge is -2.35. The minimum Gasteiger partial charge on any atom is -0.477 e. The first-order valence-corrected chi connectivity index (χ1v) is 25.2. The van der Waals surface area contributed by atoms with Crippen molar-refractivity contribution in [2.75, 3.05) is 4.90 Å². The SMILES string of the molecule is CCCCC1(CCCC)c2ccccc2-c2ccc(N(c3ccc4c(c3)C(CCCC)(CCCC)c3ccccc3-4)c3ccc4cc(-c5ccc(/C=C(\C#N)C(=O)O)s5)sc4c3)cc21. The van der Waals surface area contributed by atoms with Gasteiger partial charge in [-0.15, -0.1) is 22.7 Å². The van der Waals surface area contributed by atoms with Gasteiger partial charge < -0.3 is 10.0 Å². The van der Waals surface area contributed by atoms with E-state index in [-0.39, 0.29) is 16.4 Å². The number of rotatable bonds is 18. The topological polar surface area (TPSA) is 64.3 Å². The van der Waals surface area contributed by atoms with Crippen molar-refractivity contribution >= 4 is 61.9 Å². The van der Waals surface area contributed by atoms with Crippen molar-refractivity contribution in [3.8, 4) is 38.1 Å². The maximum absolute atomic E-state index is 11.6. The molecule has 6 heteroatoms. The van der Waals surface area contributed by atoms with Gasteiger partial charge in [0.05, 0.1) is 0 Å². The monoisotopic (exact) mass is 878 g/mol. The summed E-state index contributed by atoms with van der Waals surface area (Å²) in [4.78, 5) is 17.0. The molecule has 0 fully saturated rings. The fourth-order valence-corrected chi connectivity index (χ4v) is 13.1. The molecule has 2 aliphatic rings. The summed E-state index contributed by atoms with van der Waals surface area (Å²) in [7, 11) is 0. The van der Waals surface area contributed by atoms with Gasteiger partial charge in [-0.1, -0.05) is 146 Å². The van der Waals surface area contributed by atoms with E-state index >= 15 is 0 Å². The number of hydrogen-bond acceptors (Lipinski definition) is 5. The normalized spacial score (nSPS) is 14.2. The van der Waals surface area contributed by atoms with Crippen molar-refractivity contribution in [1.82, 2.24) is 0 Å². The van der Waals surface area contributed by atoms with E-state index < -0.39 is 5.97 Å². The third-order valence-electron chi connectivity index (χ3n) is 14.1. The van der Waals surface area contributed by atoms with Gasteiger partial charge in [0.25, 0.3) is 0 Å². The summed E-state index contributed by atoms with van der Waals surface area (Å²) in [6.45, 7) is 9.30. The molecular formula is C58H58N2O2S2. The van der Waals surface area contributed by atoms with Gasteiger partial charge in [0.15, 0.2) is 0 Å². The number of thiophene rings is 2. The van der Waals surface area contributed by atoms with E-state index in [4.69, 9.17) is 0 Å². The third kappa shape index (κ3) is 7.61. The van der Waals surface area contributed by atoms with Crippen LogP contribution in [-0.4, -0.2) is 11.1 Å². The Bertz CT molecular complexity index is 2790. The lowest BCUT2D eigenvalue weighted by molar-refractivity contribution is -0.132. The molecular weight excluding hydrogens is 821 g/mol. The summed E-state index contributed by atoms with van der Waals surface area (Å²) >= 11 is 3.27. The van der Waals surface area contributed by atoms with Crippen molar-refractivity contribution in [3.05, 3.63) is 154 Å². The largest absolute Gasteiger partial charge is 0.477 e. The average Bonchev–Trinajstić information content (AvgIpc) is 4.09. The smallest absolute Gasteiger partial charge is 0.346 e. The molecule has 2 aromatic heterocycles. The van der Waals surface area contributed by atoms with E-state index in [0.29, 0.717) is 0 Å². The van der Waals surface area contributed by atoms with Crippen LogP contribution < -0.4 is 4.90 Å². The summed E-state index contributed by atoms with van der Waals surface area (Å²) in [6.07, 6.45) is 15.5. The van der Waals surface area contributed by atoms with E-state index in [9.17, 15) is 15.2 Å². The summed E-state index contributed by atoms with van der Waals surface area (Å²) < 4.78 is 1.19. The molecule has 1 N–H and O–H groups in total. The summed E-state index contributed by atoms with van der Waals surface area (Å²) in [6, 6.07) is 48.0. The number of carboxylic acids is 1. The van der Waals surface area contributed by atoms with E-state index in [1.165, 1.54) is 135 Å². The minimum absolute atomic E-state index is 0.0332. The molecule has 0 unspecified atom stereocenters. The number of anilines is 3. The van der Waals surface area contributed by atoms with Gasteiger partial charge in [0, 0.05) is 47.2 Å². The van der Waals surface area contributed by atoms with E-state index in [0.717, 1.165) is 46.0 Å². The Kier molecular flexibility index (Phi) is 12.5. The van der Waals surface area contributed by atoms with Crippen molar-refractivity contribution in [1.29, 1.82) is 5.26 Å². The van der Waals surface area contributed by atoms with Crippen LogP contribution in [0, 0.1) is 11.3 Å². The Morgan fingerprint density at radius 3 is 1.56 bits per heavy atom. The van der Waals surface area contributed by atoms with Crippen LogP contribution in [0.5, 0.6) is 0 Å². The molecule has 324 valence electrons. The van der Waals surface area contributed by atoms with Crippen LogP contribution in [0.3, 0.4) is 0 Å². The summed E-state index contributed by atoms with van der Waals surface area (Å²) in [5.41, 5.74) is 14.6. The first-order valence-electron chi connectivity index (χ1n) is 23.6. The lowest BCUT2D eigenvalue weighted by Crippen LogP contribution is -2.26. The van der Waals surface area contributed by atoms with Gasteiger partial charge in [-0.05, 0) is 136 Å². The highest BCUT2D eigenvalue weighted by Crippen LogP contribution is 2.58. The average molecular weight is 879 g/mol. The van der Waals surface area contributed by atoms with Gasteiger partial charge in [0.2, 0.25) is 0 Å². The molecule has 0 bridgehead atoms. The number of fused-ring (bicyclic) bond motifs is 7. The second kappa shape index (κ2) is 18.4. The Morgan fingerprint density at radius 1 is 0.578 bits per heavy atom. The van der Waals surface area contributed by atoms with Crippen molar-refractivity contribution in [3.63, 3.8) is 0 Å². The number of hydrogen-bond donors (Lipinski definition) is 1. The number of nitrogens with zero attached hydrogens (tertiary/aromatic N) is 2. The molecule has 2 heterocycles. The molecule has 0 saturated heterocycles. The first-order chi connectivity index (χ1) is 31.3. The van der Waals surface area contributed by atoms with Crippen molar-refractivity contribution in [2.24, 2.45) is 0 Å². The predicted molar refractivity (Wildman–Crippen MR) is 272 cm³/mol. The summed E-state index contributed by atoms with van der Waals surface area (Å²) in [5, 5.41) is 20.0. The maximum atomic E-state index is 11.6. The molecule has 2 aliphatic carbocycles. The van der Waals surface area contributed by atoms with Gasteiger partial charge in [-0.2, -0.15) is 5.26 Å². The number of carbonyl (C=O) groups is 1. The molecule has 0 saturated carbocycles. The van der Waals surface area contributed by atoms with Crippen LogP contribution in [0.2, 0.25) is 0 Å². The van der Waals surface area contributed by atoms with Gasteiger partial charge in [-0.25, -0.2) is 4.79 Å². The molecule has 9 rings (SSSR count). The van der Waals surface area contributed by atoms with Gasteiger partial charge in [-0.3, -0.25) is 0 Å². The van der Waals surface area contributed by atoms with Crippen LogP contribution in [0.25, 0.3) is 48.2 Å². The first kappa shape index (κ1) is 43.5. The Labute approximate surface area is 387 Å². The molecule has 5 aromatic carbocycles. The third-order valence-corrected chi connectivity index (χ3v) is 16.4. The molecule has 0 aliphatic heterocycles. The summed E-state index contributed by atoms with van der Waals surface area (Å²) in [5.74, 6) is -1.21. The van der Waals surface area contributed by atoms with Crippen LogP contribution >= 0.6 is 22.7 Å². The molecule has 64 heavy (non-hydrogen) atoms. The number of nitriles is 1. The molecule has 0 radical (unpaired) electrons. The van der Waals surface area contributed by atoms with Gasteiger partial charge in [0.1, 0.15) is 11.6 Å². The van der Waals surface area contributed by atoms with Gasteiger partial charge >= 0.3 is 5.97 Å². The standard InChI is InChI=1S/C58H58N2O2S2/c1-5-9-29-57(30-10-6-2)49-19-15-13-17-45(49)47-26-23-41(35-51(47)57)60(42-24-27-48-46-18-14-16-20-50(46)58(31-11-7-3,32-12-8-4)52(48)36-42)43-22-21-39-34-55(64-54(39)37-43)53-28-25-44(63-53)33-40(38-59)56(61)62/h13-28,33-37H,5-12,29-32H2,1-4H3,(H,61,62)/b40-33+. The fourth-order valence-electron chi connectivity index (χ4n) is 11.0. The van der Waals surface area contributed by atoms with Crippen LogP contribution in [0.4, 0.5) is 17.1 Å². The van der Waals surface area contributed by atoms with Crippen molar-refractivity contribution in [2.45, 2.75) is 116 Å². The van der Waals surface area contributed by atoms with Crippen LogP contribution in [-0.2, 0) is 15.6 Å². The number of benzene rings is 5.